The fourth-order valence-corrected chi connectivity index (χ4v) is 3.03. The molecule has 0 radical (unpaired) electrons. The molecule has 3 heteroatoms. The zero-order chi connectivity index (χ0) is 11.3. The molecule has 2 nitrogen and oxygen atoms in total. The Kier molecular flexibility index (Phi) is 2.02. The Morgan fingerprint density at radius 2 is 2.06 bits per heavy atom. The van der Waals surface area contributed by atoms with Crippen molar-refractivity contribution < 1.29 is 9.13 Å². The van der Waals surface area contributed by atoms with Crippen LogP contribution in [0, 0.1) is 17.7 Å². The zero-order valence-corrected chi connectivity index (χ0v) is 9.37. The molecule has 2 aliphatic rings. The topological polar surface area (TPSA) is 35.2 Å². The van der Waals surface area contributed by atoms with Gasteiger partial charge in [0.25, 0.3) is 0 Å². The summed E-state index contributed by atoms with van der Waals surface area (Å²) in [6, 6.07) is 5.00. The first-order valence-corrected chi connectivity index (χ1v) is 5.75. The van der Waals surface area contributed by atoms with Crippen LogP contribution in [-0.2, 0) is 5.54 Å². The lowest BCUT2D eigenvalue weighted by atomic mass is 9.86. The number of ether oxygens (including phenoxy) is 1. The van der Waals surface area contributed by atoms with E-state index in [1.807, 2.05) is 0 Å². The smallest absolute Gasteiger partial charge is 0.165 e. The predicted octanol–water partition coefficient (Wildman–Crippen LogP) is 2.42. The monoisotopic (exact) mass is 221 g/mol. The summed E-state index contributed by atoms with van der Waals surface area (Å²) in [7, 11) is 1.48. The van der Waals surface area contributed by atoms with E-state index in [0.717, 1.165) is 30.2 Å². The molecule has 0 aliphatic heterocycles. The van der Waals surface area contributed by atoms with Crippen molar-refractivity contribution in [2.24, 2.45) is 17.6 Å². The van der Waals surface area contributed by atoms with Crippen LogP contribution in [0.5, 0.6) is 5.75 Å². The van der Waals surface area contributed by atoms with Gasteiger partial charge in [-0.1, -0.05) is 6.07 Å². The molecule has 86 valence electrons. The van der Waals surface area contributed by atoms with E-state index < -0.39 is 0 Å². The lowest BCUT2D eigenvalue weighted by molar-refractivity contribution is 0.376. The molecule has 2 aliphatic carbocycles. The van der Waals surface area contributed by atoms with Gasteiger partial charge in [0.1, 0.15) is 0 Å². The van der Waals surface area contributed by atoms with E-state index in [1.165, 1.54) is 19.6 Å². The number of rotatable bonds is 2. The maximum atomic E-state index is 13.3. The number of nitrogens with two attached hydrogens (primary N) is 1. The predicted molar refractivity (Wildman–Crippen MR) is 59.6 cm³/mol. The van der Waals surface area contributed by atoms with Crippen LogP contribution < -0.4 is 10.5 Å². The molecule has 2 N–H and O–H groups in total. The zero-order valence-electron chi connectivity index (χ0n) is 9.37. The quantitative estimate of drug-likeness (QED) is 0.832. The highest BCUT2D eigenvalue weighted by Crippen LogP contribution is 2.58. The van der Waals surface area contributed by atoms with E-state index in [0.29, 0.717) is 5.75 Å². The van der Waals surface area contributed by atoms with Crippen LogP contribution in [-0.4, -0.2) is 7.11 Å². The van der Waals surface area contributed by atoms with Crippen LogP contribution in [0.4, 0.5) is 4.39 Å². The number of halogens is 1. The number of fused-ring (bicyclic) bond motifs is 1. The van der Waals surface area contributed by atoms with Gasteiger partial charge < -0.3 is 10.5 Å². The van der Waals surface area contributed by atoms with Crippen molar-refractivity contribution in [3.05, 3.63) is 29.6 Å². The Labute approximate surface area is 94.6 Å². The summed E-state index contributed by atoms with van der Waals surface area (Å²) in [4.78, 5) is 0. The van der Waals surface area contributed by atoms with Crippen molar-refractivity contribution in [1.29, 1.82) is 0 Å². The lowest BCUT2D eigenvalue weighted by Gasteiger charge is -2.26. The minimum Gasteiger partial charge on any atom is -0.494 e. The van der Waals surface area contributed by atoms with Gasteiger partial charge in [-0.05, 0) is 48.8 Å². The minimum absolute atomic E-state index is 0.255. The van der Waals surface area contributed by atoms with Gasteiger partial charge in [-0.2, -0.15) is 0 Å². The van der Waals surface area contributed by atoms with Crippen LogP contribution in [0.3, 0.4) is 0 Å². The van der Waals surface area contributed by atoms with Crippen molar-refractivity contribution in [2.75, 3.05) is 7.11 Å². The Balaban J connectivity index is 1.94. The van der Waals surface area contributed by atoms with Crippen molar-refractivity contribution >= 4 is 0 Å². The highest BCUT2D eigenvalue weighted by atomic mass is 19.1. The van der Waals surface area contributed by atoms with E-state index in [2.05, 4.69) is 0 Å². The molecule has 0 aromatic heterocycles. The molecule has 0 bridgehead atoms. The summed E-state index contributed by atoms with van der Waals surface area (Å²) in [6.07, 6.45) is 3.40. The van der Waals surface area contributed by atoms with E-state index in [4.69, 9.17) is 10.5 Å². The van der Waals surface area contributed by atoms with Gasteiger partial charge in [0, 0.05) is 5.54 Å². The van der Waals surface area contributed by atoms with Crippen LogP contribution in [0.2, 0.25) is 0 Å². The van der Waals surface area contributed by atoms with Crippen molar-refractivity contribution in [3.63, 3.8) is 0 Å². The molecule has 1 aromatic rings. The molecular formula is C13H16FNO. The molecule has 1 aromatic carbocycles. The first-order chi connectivity index (χ1) is 7.62. The van der Waals surface area contributed by atoms with Gasteiger partial charge in [0.15, 0.2) is 11.6 Å². The van der Waals surface area contributed by atoms with Crippen LogP contribution >= 0.6 is 0 Å². The molecule has 2 fully saturated rings. The average molecular weight is 221 g/mol. The molecule has 16 heavy (non-hydrogen) atoms. The van der Waals surface area contributed by atoms with Crippen molar-refractivity contribution in [2.45, 2.75) is 24.8 Å². The normalized spacial score (nSPS) is 35.9. The Hall–Kier alpha value is -1.09. The SMILES string of the molecule is COc1cc(C2(N)CC3CC3C2)ccc1F. The third kappa shape index (κ3) is 1.42. The summed E-state index contributed by atoms with van der Waals surface area (Å²) in [5.41, 5.74) is 7.15. The summed E-state index contributed by atoms with van der Waals surface area (Å²) in [5.74, 6) is 1.59. The standard InChI is InChI=1S/C13H16FNO/c1-16-12-5-10(2-3-11(12)14)13(15)6-8-4-9(8)7-13/h2-3,5,8-9H,4,6-7,15H2,1H3. The molecule has 2 atom stereocenters. The van der Waals surface area contributed by atoms with Gasteiger partial charge in [-0.15, -0.1) is 0 Å². The number of benzene rings is 1. The van der Waals surface area contributed by atoms with Gasteiger partial charge in [0.2, 0.25) is 0 Å². The molecule has 2 unspecified atom stereocenters. The van der Waals surface area contributed by atoms with Gasteiger partial charge in [-0.3, -0.25) is 0 Å². The Bertz CT molecular complexity index is 422. The summed E-state index contributed by atoms with van der Waals surface area (Å²) in [5, 5.41) is 0. The second-order valence-electron chi connectivity index (χ2n) is 5.17. The second kappa shape index (κ2) is 3.20. The molecule has 0 spiro atoms. The summed E-state index contributed by atoms with van der Waals surface area (Å²) in [6.45, 7) is 0. The number of hydrogen-bond acceptors (Lipinski definition) is 2. The summed E-state index contributed by atoms with van der Waals surface area (Å²) >= 11 is 0. The van der Waals surface area contributed by atoms with Crippen LogP contribution in [0.25, 0.3) is 0 Å². The number of methoxy groups -OCH3 is 1. The third-order valence-electron chi connectivity index (χ3n) is 4.05. The lowest BCUT2D eigenvalue weighted by Crippen LogP contribution is -2.34. The van der Waals surface area contributed by atoms with Gasteiger partial charge >= 0.3 is 0 Å². The molecule has 0 saturated heterocycles. The Morgan fingerprint density at radius 3 is 2.69 bits per heavy atom. The second-order valence-corrected chi connectivity index (χ2v) is 5.17. The van der Waals surface area contributed by atoms with Crippen molar-refractivity contribution in [1.82, 2.24) is 0 Å². The van der Waals surface area contributed by atoms with Crippen LogP contribution in [0.1, 0.15) is 24.8 Å². The minimum atomic E-state index is -0.321. The van der Waals surface area contributed by atoms with Crippen molar-refractivity contribution in [3.8, 4) is 5.75 Å². The summed E-state index contributed by atoms with van der Waals surface area (Å²) < 4.78 is 18.3. The Morgan fingerprint density at radius 1 is 1.38 bits per heavy atom. The van der Waals surface area contributed by atoms with E-state index in [9.17, 15) is 4.39 Å². The first-order valence-electron chi connectivity index (χ1n) is 5.75. The molecule has 3 rings (SSSR count). The van der Waals surface area contributed by atoms with Crippen LogP contribution in [0.15, 0.2) is 18.2 Å². The van der Waals surface area contributed by atoms with Gasteiger partial charge in [-0.25, -0.2) is 4.39 Å². The third-order valence-corrected chi connectivity index (χ3v) is 4.05. The first kappa shape index (κ1) is 10.1. The van der Waals surface area contributed by atoms with E-state index in [-0.39, 0.29) is 11.4 Å². The van der Waals surface area contributed by atoms with E-state index >= 15 is 0 Å². The molecule has 0 amide bonds. The fourth-order valence-electron chi connectivity index (χ4n) is 3.03. The highest BCUT2D eigenvalue weighted by Gasteiger charge is 2.52. The molecule has 2 saturated carbocycles. The average Bonchev–Trinajstić information content (AvgIpc) is 2.88. The molecule has 0 heterocycles. The largest absolute Gasteiger partial charge is 0.494 e. The number of hydrogen-bond donors (Lipinski definition) is 1. The fraction of sp³-hybridized carbons (Fsp3) is 0.538. The van der Waals surface area contributed by atoms with Gasteiger partial charge in [0.05, 0.1) is 7.11 Å². The molecular weight excluding hydrogens is 205 g/mol. The maximum Gasteiger partial charge on any atom is 0.165 e. The maximum absolute atomic E-state index is 13.3. The highest BCUT2D eigenvalue weighted by molar-refractivity contribution is 5.36. The van der Waals surface area contributed by atoms with E-state index in [1.54, 1.807) is 12.1 Å².